The molecule has 0 aliphatic carbocycles. The molecule has 0 aliphatic rings. The number of rotatable bonds is 4. The summed E-state index contributed by atoms with van der Waals surface area (Å²) in [4.78, 5) is 10.1. The van der Waals surface area contributed by atoms with Crippen LogP contribution in [0.2, 0.25) is 0 Å². The molecule has 0 radical (unpaired) electrons. The lowest BCUT2D eigenvalue weighted by atomic mass is 10.3. The highest BCUT2D eigenvalue weighted by Crippen LogP contribution is 2.00. The van der Waals surface area contributed by atoms with E-state index in [0.29, 0.717) is 6.42 Å². The van der Waals surface area contributed by atoms with Gasteiger partial charge in [-0.05, 0) is 24.4 Å². The van der Waals surface area contributed by atoms with Gasteiger partial charge in [0.2, 0.25) is 5.24 Å². The molecule has 10 heavy (non-hydrogen) atoms. The van der Waals surface area contributed by atoms with Gasteiger partial charge in [0.25, 0.3) is 0 Å². The van der Waals surface area contributed by atoms with E-state index in [1.165, 1.54) is 0 Å². The smallest absolute Gasteiger partial charge is 0.221 e. The second kappa shape index (κ2) is 12.1. The van der Waals surface area contributed by atoms with Crippen molar-refractivity contribution in [3.63, 3.8) is 0 Å². The molecule has 0 N–H and O–H groups in total. The first-order valence-corrected chi connectivity index (χ1v) is 5.01. The van der Waals surface area contributed by atoms with Crippen molar-refractivity contribution in [2.24, 2.45) is 0 Å². The van der Waals surface area contributed by atoms with Gasteiger partial charge in [-0.1, -0.05) is 29.8 Å². The second-order valence-electron chi connectivity index (χ2n) is 1.50. The van der Waals surface area contributed by atoms with Gasteiger partial charge in [-0.2, -0.15) is 0 Å². The van der Waals surface area contributed by atoms with Crippen molar-refractivity contribution in [1.82, 2.24) is 0 Å². The Morgan fingerprint density at radius 2 is 1.90 bits per heavy atom. The molecule has 0 aromatic heterocycles. The van der Waals surface area contributed by atoms with Gasteiger partial charge in [-0.3, -0.25) is 4.79 Å². The van der Waals surface area contributed by atoms with Crippen molar-refractivity contribution in [2.75, 3.05) is 5.33 Å². The van der Waals surface area contributed by atoms with Crippen LogP contribution in [0.25, 0.3) is 0 Å². The van der Waals surface area contributed by atoms with Gasteiger partial charge in [-0.25, -0.2) is 0 Å². The normalized spacial score (nSPS) is 8.00. The molecule has 0 heterocycles. The highest BCUT2D eigenvalue weighted by molar-refractivity contribution is 9.09. The number of carbonyl (C=O) groups is 1. The van der Waals surface area contributed by atoms with Crippen molar-refractivity contribution >= 4 is 32.8 Å². The maximum atomic E-state index is 10.1. The van der Waals surface area contributed by atoms with Gasteiger partial charge in [0.1, 0.15) is 0 Å². The molecule has 62 valence electrons. The Labute approximate surface area is 76.3 Å². The van der Waals surface area contributed by atoms with Crippen LogP contribution in [0, 0.1) is 0 Å². The Morgan fingerprint density at radius 1 is 1.40 bits per heavy atom. The topological polar surface area (TPSA) is 17.1 Å². The predicted molar refractivity (Wildman–Crippen MR) is 49.9 cm³/mol. The maximum absolute atomic E-state index is 10.1. The molecule has 1 nitrogen and oxygen atoms in total. The Balaban J connectivity index is 0. The number of halogens is 2. The zero-order chi connectivity index (χ0) is 8.41. The average Bonchev–Trinajstić information content (AvgIpc) is 1.92. The van der Waals surface area contributed by atoms with E-state index in [1.807, 2.05) is 13.8 Å². The number of hydrogen-bond donors (Lipinski definition) is 0. The van der Waals surface area contributed by atoms with Crippen molar-refractivity contribution in [1.29, 1.82) is 0 Å². The molecule has 0 atom stereocenters. The van der Waals surface area contributed by atoms with Gasteiger partial charge in [0, 0.05) is 11.8 Å². The summed E-state index contributed by atoms with van der Waals surface area (Å²) in [5.74, 6) is 0. The lowest BCUT2D eigenvalue weighted by Crippen LogP contribution is -1.85. The van der Waals surface area contributed by atoms with E-state index >= 15 is 0 Å². The fourth-order valence-corrected chi connectivity index (χ4v) is 0.889. The molecule has 0 unspecified atom stereocenters. The number of unbranched alkanes of at least 4 members (excludes halogenated alkanes) is 1. The number of alkyl halides is 1. The molecule has 3 heteroatoms. The van der Waals surface area contributed by atoms with Crippen molar-refractivity contribution in [3.8, 4) is 0 Å². The van der Waals surface area contributed by atoms with Crippen LogP contribution >= 0.6 is 27.5 Å². The SMILES string of the molecule is CC.O=C(Cl)CCCCBr. The molecule has 0 aliphatic heterocycles. The summed E-state index contributed by atoms with van der Waals surface area (Å²) in [6.45, 7) is 4.00. The highest BCUT2D eigenvalue weighted by atomic mass is 79.9. The first-order chi connectivity index (χ1) is 4.77. The van der Waals surface area contributed by atoms with E-state index in [2.05, 4.69) is 15.9 Å². The van der Waals surface area contributed by atoms with Crippen LogP contribution in [0.3, 0.4) is 0 Å². The van der Waals surface area contributed by atoms with Crippen LogP contribution in [0.1, 0.15) is 33.1 Å². The summed E-state index contributed by atoms with van der Waals surface area (Å²) >= 11 is 8.30. The van der Waals surface area contributed by atoms with Crippen molar-refractivity contribution < 1.29 is 4.79 Å². The molecule has 0 fully saturated rings. The van der Waals surface area contributed by atoms with E-state index in [-0.39, 0.29) is 5.24 Å². The lowest BCUT2D eigenvalue weighted by Gasteiger charge is -1.88. The van der Waals surface area contributed by atoms with E-state index < -0.39 is 0 Å². The van der Waals surface area contributed by atoms with Gasteiger partial charge in [-0.15, -0.1) is 0 Å². The van der Waals surface area contributed by atoms with Gasteiger partial charge < -0.3 is 0 Å². The zero-order valence-electron chi connectivity index (χ0n) is 6.49. The molecule has 0 saturated carbocycles. The van der Waals surface area contributed by atoms with E-state index in [9.17, 15) is 4.79 Å². The zero-order valence-corrected chi connectivity index (χ0v) is 8.83. The molecule has 0 saturated heterocycles. The molecule has 0 amide bonds. The second-order valence-corrected chi connectivity index (χ2v) is 2.72. The van der Waals surface area contributed by atoms with Crippen LogP contribution < -0.4 is 0 Å². The molecular weight excluding hydrogens is 215 g/mol. The lowest BCUT2D eigenvalue weighted by molar-refractivity contribution is -0.111. The molecule has 0 rings (SSSR count). The fourth-order valence-electron chi connectivity index (χ4n) is 0.358. The monoisotopic (exact) mass is 228 g/mol. The summed E-state index contributed by atoms with van der Waals surface area (Å²) in [5, 5.41) is 0.725. The number of hydrogen-bond acceptors (Lipinski definition) is 1. The third-order valence-corrected chi connectivity index (χ3v) is 1.51. The third kappa shape index (κ3) is 15.8. The van der Waals surface area contributed by atoms with Gasteiger partial charge in [0.15, 0.2) is 0 Å². The Hall–Kier alpha value is 0.440. The van der Waals surface area contributed by atoms with E-state index in [0.717, 1.165) is 18.2 Å². The molecule has 0 aromatic rings. The molecular formula is C7H14BrClO. The van der Waals surface area contributed by atoms with Crippen molar-refractivity contribution in [2.45, 2.75) is 33.1 Å². The Morgan fingerprint density at radius 3 is 2.20 bits per heavy atom. The van der Waals surface area contributed by atoms with Crippen molar-refractivity contribution in [3.05, 3.63) is 0 Å². The van der Waals surface area contributed by atoms with E-state index in [1.54, 1.807) is 0 Å². The minimum absolute atomic E-state index is 0.231. The summed E-state index contributed by atoms with van der Waals surface area (Å²) < 4.78 is 0. The van der Waals surface area contributed by atoms with Gasteiger partial charge >= 0.3 is 0 Å². The summed E-state index contributed by atoms with van der Waals surface area (Å²) in [6.07, 6.45) is 2.43. The minimum atomic E-state index is -0.231. The Bertz CT molecular complexity index is 76.0. The van der Waals surface area contributed by atoms with Crippen LogP contribution in [0.5, 0.6) is 0 Å². The van der Waals surface area contributed by atoms with Crippen LogP contribution in [0.4, 0.5) is 0 Å². The minimum Gasteiger partial charge on any atom is -0.281 e. The first-order valence-electron chi connectivity index (χ1n) is 3.51. The molecule has 0 spiro atoms. The maximum Gasteiger partial charge on any atom is 0.221 e. The first kappa shape index (κ1) is 13.1. The number of carbonyl (C=O) groups excluding carboxylic acids is 1. The highest BCUT2D eigenvalue weighted by Gasteiger charge is 1.92. The summed E-state index contributed by atoms with van der Waals surface area (Å²) in [6, 6.07) is 0. The van der Waals surface area contributed by atoms with Crippen LogP contribution in [-0.2, 0) is 4.79 Å². The standard InChI is InChI=1S/C5H8BrClO.C2H6/c6-4-2-1-3-5(7)8;1-2/h1-4H2;1-2H3. The molecule has 0 bridgehead atoms. The average molecular weight is 230 g/mol. The summed E-state index contributed by atoms with van der Waals surface area (Å²) in [7, 11) is 0. The van der Waals surface area contributed by atoms with Crippen LogP contribution in [-0.4, -0.2) is 10.6 Å². The predicted octanol–water partition coefficient (Wildman–Crippen LogP) is 3.34. The summed E-state index contributed by atoms with van der Waals surface area (Å²) in [5.41, 5.74) is 0. The fraction of sp³-hybridized carbons (Fsp3) is 0.857. The largest absolute Gasteiger partial charge is 0.281 e. The quantitative estimate of drug-likeness (QED) is 0.410. The third-order valence-electron chi connectivity index (χ3n) is 0.757. The van der Waals surface area contributed by atoms with Gasteiger partial charge in [0.05, 0.1) is 0 Å². The van der Waals surface area contributed by atoms with Crippen LogP contribution in [0.15, 0.2) is 0 Å². The Kier molecular flexibility index (Phi) is 15.9. The van der Waals surface area contributed by atoms with E-state index in [4.69, 9.17) is 11.6 Å². The molecule has 0 aromatic carbocycles.